The Bertz CT molecular complexity index is 302. The summed E-state index contributed by atoms with van der Waals surface area (Å²) in [5, 5.41) is 23.2. The lowest BCUT2D eigenvalue weighted by Gasteiger charge is -2.12. The van der Waals surface area contributed by atoms with Gasteiger partial charge in [-0.2, -0.15) is 0 Å². The third-order valence-electron chi connectivity index (χ3n) is 1.46. The molecular formula is C7H7N2O3-. The molecule has 0 unspecified atom stereocenters. The molecule has 0 bridgehead atoms. The normalized spacial score (nSPS) is 19.6. The van der Waals surface area contributed by atoms with Gasteiger partial charge in [0.15, 0.2) is 0 Å². The zero-order valence-electron chi connectivity index (χ0n) is 6.40. The first-order chi connectivity index (χ1) is 5.65. The average molecular weight is 167 g/mol. The molecule has 0 fully saturated rings. The smallest absolute Gasteiger partial charge is 0.288 e. The minimum atomic E-state index is -0.500. The van der Waals surface area contributed by atoms with Crippen molar-refractivity contribution in [2.24, 2.45) is 0 Å². The van der Waals surface area contributed by atoms with Crippen LogP contribution >= 0.6 is 0 Å². The largest absolute Gasteiger partial charge is 0.876 e. The van der Waals surface area contributed by atoms with Crippen LogP contribution in [0, 0.1) is 10.1 Å². The Labute approximate surface area is 68.9 Å². The van der Waals surface area contributed by atoms with Gasteiger partial charge >= 0.3 is 0 Å². The Morgan fingerprint density at radius 3 is 2.67 bits per heavy atom. The fraction of sp³-hybridized carbons (Fsp3) is 0.143. The van der Waals surface area contributed by atoms with Gasteiger partial charge in [0.2, 0.25) is 0 Å². The summed E-state index contributed by atoms with van der Waals surface area (Å²) >= 11 is 0. The van der Waals surface area contributed by atoms with Crippen LogP contribution in [0.15, 0.2) is 35.5 Å². The molecule has 1 N–H and O–H groups in total. The summed E-state index contributed by atoms with van der Waals surface area (Å²) in [4.78, 5) is 9.82. The average Bonchev–Trinajstić information content (AvgIpc) is 2.03. The number of rotatable bonds is 1. The van der Waals surface area contributed by atoms with Crippen LogP contribution in [0.3, 0.4) is 0 Å². The van der Waals surface area contributed by atoms with Gasteiger partial charge in [0, 0.05) is 11.8 Å². The summed E-state index contributed by atoms with van der Waals surface area (Å²) in [5.74, 6) is 0. The highest BCUT2D eigenvalue weighted by Gasteiger charge is 2.15. The maximum Gasteiger partial charge on any atom is 0.288 e. The van der Waals surface area contributed by atoms with Crippen molar-refractivity contribution < 1.29 is 10.0 Å². The molecule has 12 heavy (non-hydrogen) atoms. The van der Waals surface area contributed by atoms with Crippen LogP contribution in [-0.4, -0.2) is 4.92 Å². The van der Waals surface area contributed by atoms with E-state index in [2.05, 4.69) is 5.32 Å². The van der Waals surface area contributed by atoms with E-state index in [4.69, 9.17) is 0 Å². The minimum absolute atomic E-state index is 0.0133. The predicted octanol–water partition coefficient (Wildman–Crippen LogP) is -0.144. The lowest BCUT2D eigenvalue weighted by molar-refractivity contribution is -0.420. The zero-order chi connectivity index (χ0) is 9.14. The number of nitrogens with zero attached hydrogens (tertiary/aromatic N) is 1. The molecule has 1 rings (SSSR count). The summed E-state index contributed by atoms with van der Waals surface area (Å²) in [6, 6.07) is 0. The van der Waals surface area contributed by atoms with Gasteiger partial charge in [0.1, 0.15) is 0 Å². The monoisotopic (exact) mass is 167 g/mol. The molecule has 0 aromatic carbocycles. The third kappa shape index (κ3) is 1.45. The Morgan fingerprint density at radius 1 is 1.58 bits per heavy atom. The molecule has 5 heteroatoms. The molecule has 0 radical (unpaired) electrons. The molecule has 0 spiro atoms. The number of nitro groups is 1. The van der Waals surface area contributed by atoms with E-state index in [-0.39, 0.29) is 5.70 Å². The Hall–Kier alpha value is -1.78. The quantitative estimate of drug-likeness (QED) is 0.335. The fourth-order valence-electron chi connectivity index (χ4n) is 0.882. The van der Waals surface area contributed by atoms with E-state index in [9.17, 15) is 15.2 Å². The molecule has 1 aliphatic heterocycles. The standard InChI is InChI=1S/C7H8N2O3/c1-5-7(9(11)12)3-2-6(4-10)8-5/h2-4,8,10H,1H3/p-1. The van der Waals surface area contributed by atoms with Crippen molar-refractivity contribution in [3.05, 3.63) is 45.6 Å². The second-order valence-electron chi connectivity index (χ2n) is 2.30. The van der Waals surface area contributed by atoms with Crippen molar-refractivity contribution in [3.8, 4) is 0 Å². The van der Waals surface area contributed by atoms with E-state index < -0.39 is 4.92 Å². The first-order valence-electron chi connectivity index (χ1n) is 3.27. The summed E-state index contributed by atoms with van der Waals surface area (Å²) in [5.41, 5.74) is 0.698. The molecule has 0 atom stereocenters. The van der Waals surface area contributed by atoms with E-state index in [1.54, 1.807) is 6.92 Å². The number of hydrogen-bond donors (Lipinski definition) is 1. The Balaban J connectivity index is 2.95. The number of hydrogen-bond acceptors (Lipinski definition) is 4. The second-order valence-corrected chi connectivity index (χ2v) is 2.30. The van der Waals surface area contributed by atoms with Gasteiger partial charge in [0.25, 0.3) is 5.70 Å². The van der Waals surface area contributed by atoms with Gasteiger partial charge in [-0.1, -0.05) is 0 Å². The van der Waals surface area contributed by atoms with E-state index in [1.165, 1.54) is 12.2 Å². The molecular weight excluding hydrogens is 160 g/mol. The molecule has 0 amide bonds. The van der Waals surface area contributed by atoms with Crippen LogP contribution in [0.25, 0.3) is 0 Å². The molecule has 0 aliphatic carbocycles. The van der Waals surface area contributed by atoms with Crippen molar-refractivity contribution >= 4 is 0 Å². The van der Waals surface area contributed by atoms with Crippen LogP contribution in [0.5, 0.6) is 0 Å². The van der Waals surface area contributed by atoms with Gasteiger partial charge in [-0.25, -0.2) is 0 Å². The SMILES string of the molecule is CC1=C([N+](=O)[O-])C=CC(=C[O-])N1. The molecule has 1 heterocycles. The second kappa shape index (κ2) is 3.08. The Kier molecular flexibility index (Phi) is 2.14. The molecule has 0 aromatic rings. The highest BCUT2D eigenvalue weighted by molar-refractivity contribution is 5.32. The van der Waals surface area contributed by atoms with E-state index in [0.717, 1.165) is 0 Å². The van der Waals surface area contributed by atoms with Gasteiger partial charge in [0.05, 0.1) is 10.6 Å². The van der Waals surface area contributed by atoms with Gasteiger partial charge < -0.3 is 10.4 Å². The van der Waals surface area contributed by atoms with Crippen LogP contribution in [-0.2, 0) is 0 Å². The van der Waals surface area contributed by atoms with Gasteiger partial charge in [-0.05, 0) is 13.0 Å². The highest BCUT2D eigenvalue weighted by Crippen LogP contribution is 2.12. The van der Waals surface area contributed by atoms with Crippen molar-refractivity contribution in [1.29, 1.82) is 0 Å². The van der Waals surface area contributed by atoms with Crippen molar-refractivity contribution in [2.45, 2.75) is 6.92 Å². The molecule has 1 aliphatic rings. The zero-order valence-corrected chi connectivity index (χ0v) is 6.40. The summed E-state index contributed by atoms with van der Waals surface area (Å²) in [6.45, 7) is 1.55. The maximum atomic E-state index is 10.3. The summed E-state index contributed by atoms with van der Waals surface area (Å²) in [6.07, 6.45) is 3.28. The fourth-order valence-corrected chi connectivity index (χ4v) is 0.882. The number of nitrogens with one attached hydrogen (secondary N) is 1. The molecule has 0 saturated heterocycles. The molecule has 0 aromatic heterocycles. The molecule has 5 nitrogen and oxygen atoms in total. The maximum absolute atomic E-state index is 10.3. The van der Waals surface area contributed by atoms with Gasteiger partial charge in [-0.15, -0.1) is 6.26 Å². The topological polar surface area (TPSA) is 78.2 Å². The van der Waals surface area contributed by atoms with Crippen LogP contribution in [0.4, 0.5) is 0 Å². The Morgan fingerprint density at radius 2 is 2.25 bits per heavy atom. The summed E-state index contributed by atoms with van der Waals surface area (Å²) < 4.78 is 0. The molecule has 0 saturated carbocycles. The van der Waals surface area contributed by atoms with E-state index in [0.29, 0.717) is 17.7 Å². The minimum Gasteiger partial charge on any atom is -0.876 e. The third-order valence-corrected chi connectivity index (χ3v) is 1.46. The van der Waals surface area contributed by atoms with Crippen molar-refractivity contribution in [1.82, 2.24) is 5.32 Å². The van der Waals surface area contributed by atoms with Crippen LogP contribution in [0.2, 0.25) is 0 Å². The van der Waals surface area contributed by atoms with Crippen molar-refractivity contribution in [2.75, 3.05) is 0 Å². The van der Waals surface area contributed by atoms with Gasteiger partial charge in [-0.3, -0.25) is 10.1 Å². The number of dihydropyridines is 1. The first kappa shape index (κ1) is 8.32. The lowest BCUT2D eigenvalue weighted by Crippen LogP contribution is -2.19. The van der Waals surface area contributed by atoms with E-state index >= 15 is 0 Å². The summed E-state index contributed by atoms with van der Waals surface area (Å²) in [7, 11) is 0. The van der Waals surface area contributed by atoms with Crippen molar-refractivity contribution in [3.63, 3.8) is 0 Å². The molecule has 64 valence electrons. The predicted molar refractivity (Wildman–Crippen MR) is 40.1 cm³/mol. The lowest BCUT2D eigenvalue weighted by atomic mass is 10.2. The van der Waals surface area contributed by atoms with Crippen LogP contribution < -0.4 is 10.4 Å². The highest BCUT2D eigenvalue weighted by atomic mass is 16.6. The van der Waals surface area contributed by atoms with E-state index in [1.807, 2.05) is 0 Å². The number of allylic oxidation sites excluding steroid dienone is 3. The van der Waals surface area contributed by atoms with Crippen LogP contribution in [0.1, 0.15) is 6.92 Å². The first-order valence-corrected chi connectivity index (χ1v) is 3.27.